The van der Waals surface area contributed by atoms with Gasteiger partial charge in [0.1, 0.15) is 0 Å². The predicted octanol–water partition coefficient (Wildman–Crippen LogP) is 4.12. The van der Waals surface area contributed by atoms with E-state index >= 15 is 0 Å². The van der Waals surface area contributed by atoms with Crippen molar-refractivity contribution in [2.45, 2.75) is 46.5 Å². The van der Waals surface area contributed by atoms with E-state index in [1.807, 2.05) is 18.5 Å². The van der Waals surface area contributed by atoms with Gasteiger partial charge in [0.05, 0.1) is 11.9 Å². The number of hydrogen-bond acceptors (Lipinski definition) is 2. The Bertz CT molecular complexity index is 284. The SMILES string of the molecule is CCCN(CCCC(C)CC)c1cccnc1. The number of pyridine rings is 1. The average molecular weight is 234 g/mol. The van der Waals surface area contributed by atoms with Gasteiger partial charge in [0.25, 0.3) is 0 Å². The highest BCUT2D eigenvalue weighted by Gasteiger charge is 2.06. The van der Waals surface area contributed by atoms with E-state index < -0.39 is 0 Å². The highest BCUT2D eigenvalue weighted by Crippen LogP contribution is 2.15. The molecule has 1 heterocycles. The molecule has 0 aliphatic rings. The summed E-state index contributed by atoms with van der Waals surface area (Å²) in [4.78, 5) is 6.66. The monoisotopic (exact) mass is 234 g/mol. The summed E-state index contributed by atoms with van der Waals surface area (Å²) in [5.41, 5.74) is 1.26. The number of rotatable bonds is 8. The van der Waals surface area contributed by atoms with Crippen LogP contribution in [0.3, 0.4) is 0 Å². The van der Waals surface area contributed by atoms with Crippen LogP contribution in [0.2, 0.25) is 0 Å². The lowest BCUT2D eigenvalue weighted by Crippen LogP contribution is -2.25. The molecule has 1 unspecified atom stereocenters. The topological polar surface area (TPSA) is 16.1 Å². The Morgan fingerprint density at radius 2 is 2.12 bits per heavy atom. The van der Waals surface area contributed by atoms with Crippen molar-refractivity contribution in [2.24, 2.45) is 5.92 Å². The van der Waals surface area contributed by atoms with E-state index in [1.54, 1.807) is 0 Å². The summed E-state index contributed by atoms with van der Waals surface area (Å²) < 4.78 is 0. The normalized spacial score (nSPS) is 12.4. The summed E-state index contributed by atoms with van der Waals surface area (Å²) in [5.74, 6) is 0.854. The molecule has 96 valence electrons. The van der Waals surface area contributed by atoms with Crippen LogP contribution in [0.5, 0.6) is 0 Å². The first-order chi connectivity index (χ1) is 8.27. The third-order valence-electron chi connectivity index (χ3n) is 3.33. The third kappa shape index (κ3) is 5.20. The van der Waals surface area contributed by atoms with Crippen molar-refractivity contribution in [3.63, 3.8) is 0 Å². The van der Waals surface area contributed by atoms with Crippen LogP contribution in [-0.2, 0) is 0 Å². The van der Waals surface area contributed by atoms with Crippen LogP contribution in [0.1, 0.15) is 46.5 Å². The Morgan fingerprint density at radius 1 is 1.29 bits per heavy atom. The van der Waals surface area contributed by atoms with E-state index in [0.717, 1.165) is 19.0 Å². The molecular formula is C15H26N2. The molecule has 0 fully saturated rings. The molecule has 0 bridgehead atoms. The lowest BCUT2D eigenvalue weighted by molar-refractivity contribution is 0.493. The van der Waals surface area contributed by atoms with Gasteiger partial charge >= 0.3 is 0 Å². The maximum absolute atomic E-state index is 4.21. The lowest BCUT2D eigenvalue weighted by Gasteiger charge is -2.24. The van der Waals surface area contributed by atoms with E-state index in [-0.39, 0.29) is 0 Å². The van der Waals surface area contributed by atoms with Crippen molar-refractivity contribution in [3.05, 3.63) is 24.5 Å². The van der Waals surface area contributed by atoms with E-state index in [9.17, 15) is 0 Å². The summed E-state index contributed by atoms with van der Waals surface area (Å²) in [7, 11) is 0. The molecule has 0 N–H and O–H groups in total. The molecule has 1 atom stereocenters. The molecule has 1 rings (SSSR count). The maximum Gasteiger partial charge on any atom is 0.0552 e. The zero-order valence-electron chi connectivity index (χ0n) is 11.5. The van der Waals surface area contributed by atoms with Gasteiger partial charge in [-0.25, -0.2) is 0 Å². The number of hydrogen-bond donors (Lipinski definition) is 0. The molecule has 1 aromatic heterocycles. The number of nitrogens with zero attached hydrogens (tertiary/aromatic N) is 2. The van der Waals surface area contributed by atoms with Crippen molar-refractivity contribution in [3.8, 4) is 0 Å². The van der Waals surface area contributed by atoms with Crippen LogP contribution >= 0.6 is 0 Å². The summed E-state index contributed by atoms with van der Waals surface area (Å²) in [6, 6.07) is 4.18. The highest BCUT2D eigenvalue weighted by molar-refractivity contribution is 5.43. The van der Waals surface area contributed by atoms with Crippen LogP contribution < -0.4 is 4.90 Å². The molecule has 0 radical (unpaired) electrons. The van der Waals surface area contributed by atoms with Crippen molar-refractivity contribution >= 4 is 5.69 Å². The fourth-order valence-corrected chi connectivity index (χ4v) is 2.02. The van der Waals surface area contributed by atoms with E-state index in [2.05, 4.69) is 36.7 Å². The van der Waals surface area contributed by atoms with Crippen molar-refractivity contribution in [1.29, 1.82) is 0 Å². The van der Waals surface area contributed by atoms with Gasteiger partial charge in [-0.2, -0.15) is 0 Å². The Hall–Kier alpha value is -1.05. The van der Waals surface area contributed by atoms with Gasteiger partial charge in [-0.15, -0.1) is 0 Å². The van der Waals surface area contributed by atoms with Gasteiger partial charge in [-0.05, 0) is 37.3 Å². The first-order valence-electron chi connectivity index (χ1n) is 6.92. The minimum Gasteiger partial charge on any atom is -0.370 e. The molecule has 1 aromatic rings. The van der Waals surface area contributed by atoms with Gasteiger partial charge in [-0.1, -0.05) is 27.2 Å². The summed E-state index contributed by atoms with van der Waals surface area (Å²) in [5, 5.41) is 0. The zero-order valence-corrected chi connectivity index (χ0v) is 11.5. The zero-order chi connectivity index (χ0) is 12.5. The van der Waals surface area contributed by atoms with Crippen LogP contribution in [0.4, 0.5) is 5.69 Å². The van der Waals surface area contributed by atoms with Crippen molar-refractivity contribution < 1.29 is 0 Å². The van der Waals surface area contributed by atoms with E-state index in [4.69, 9.17) is 0 Å². The van der Waals surface area contributed by atoms with Gasteiger partial charge in [0, 0.05) is 19.3 Å². The molecule has 0 spiro atoms. The molecule has 2 heteroatoms. The van der Waals surface area contributed by atoms with E-state index in [1.165, 1.54) is 31.4 Å². The Labute approximate surface area is 106 Å². The second-order valence-corrected chi connectivity index (χ2v) is 4.85. The predicted molar refractivity (Wildman–Crippen MR) is 75.4 cm³/mol. The second kappa shape index (κ2) is 8.10. The fraction of sp³-hybridized carbons (Fsp3) is 0.667. The van der Waals surface area contributed by atoms with Crippen molar-refractivity contribution in [2.75, 3.05) is 18.0 Å². The molecule has 2 nitrogen and oxygen atoms in total. The minimum atomic E-state index is 0.854. The summed E-state index contributed by atoms with van der Waals surface area (Å²) in [6.45, 7) is 9.14. The second-order valence-electron chi connectivity index (χ2n) is 4.85. The Kier molecular flexibility index (Phi) is 6.68. The lowest BCUT2D eigenvalue weighted by atomic mass is 10.0. The Balaban J connectivity index is 2.44. The largest absolute Gasteiger partial charge is 0.370 e. The smallest absolute Gasteiger partial charge is 0.0552 e. The van der Waals surface area contributed by atoms with Gasteiger partial charge in [-0.3, -0.25) is 4.98 Å². The van der Waals surface area contributed by atoms with Gasteiger partial charge in [0.15, 0.2) is 0 Å². The van der Waals surface area contributed by atoms with Crippen LogP contribution in [-0.4, -0.2) is 18.1 Å². The van der Waals surface area contributed by atoms with Crippen LogP contribution in [0.15, 0.2) is 24.5 Å². The third-order valence-corrected chi connectivity index (χ3v) is 3.33. The van der Waals surface area contributed by atoms with Crippen LogP contribution in [0.25, 0.3) is 0 Å². The maximum atomic E-state index is 4.21. The fourth-order valence-electron chi connectivity index (χ4n) is 2.02. The molecule has 0 saturated carbocycles. The van der Waals surface area contributed by atoms with Crippen LogP contribution in [0, 0.1) is 5.92 Å². The molecule has 0 saturated heterocycles. The summed E-state index contributed by atoms with van der Waals surface area (Å²) in [6.07, 6.45) is 8.91. The molecule has 17 heavy (non-hydrogen) atoms. The number of aromatic nitrogens is 1. The average Bonchev–Trinajstić information content (AvgIpc) is 2.38. The standard InChI is InChI=1S/C15H26N2/c1-4-11-17(12-7-8-14(3)5-2)15-9-6-10-16-13-15/h6,9-10,13-14H,4-5,7-8,11-12H2,1-3H3. The molecule has 0 amide bonds. The Morgan fingerprint density at radius 3 is 2.71 bits per heavy atom. The van der Waals surface area contributed by atoms with E-state index in [0.29, 0.717) is 0 Å². The first kappa shape index (κ1) is 14.0. The molecule has 0 aliphatic carbocycles. The number of anilines is 1. The van der Waals surface area contributed by atoms with Gasteiger partial charge < -0.3 is 4.90 Å². The summed E-state index contributed by atoms with van der Waals surface area (Å²) >= 11 is 0. The molecular weight excluding hydrogens is 208 g/mol. The molecule has 0 aliphatic heterocycles. The first-order valence-corrected chi connectivity index (χ1v) is 6.92. The minimum absolute atomic E-state index is 0.854. The van der Waals surface area contributed by atoms with Gasteiger partial charge in [0.2, 0.25) is 0 Å². The molecule has 0 aromatic carbocycles. The quantitative estimate of drug-likeness (QED) is 0.672. The highest BCUT2D eigenvalue weighted by atomic mass is 15.1. The van der Waals surface area contributed by atoms with Crippen molar-refractivity contribution in [1.82, 2.24) is 4.98 Å².